The number of fused-ring (bicyclic) bond motifs is 1. The number of benzene rings is 1. The molecule has 27 heavy (non-hydrogen) atoms. The van der Waals surface area contributed by atoms with Crippen molar-refractivity contribution in [3.8, 4) is 5.75 Å². The highest BCUT2D eigenvalue weighted by Crippen LogP contribution is 2.33. The molecule has 4 rings (SSSR count). The molecule has 3 aromatic rings. The van der Waals surface area contributed by atoms with Gasteiger partial charge in [-0.05, 0) is 37.5 Å². The number of hydrogen-bond acceptors (Lipinski definition) is 4. The summed E-state index contributed by atoms with van der Waals surface area (Å²) in [4.78, 5) is 16.7. The molecule has 0 aliphatic heterocycles. The first kappa shape index (κ1) is 17.5. The van der Waals surface area contributed by atoms with E-state index in [1.165, 1.54) is 32.1 Å². The molecule has 0 unspecified atom stereocenters. The van der Waals surface area contributed by atoms with Crippen molar-refractivity contribution in [3.63, 3.8) is 0 Å². The summed E-state index contributed by atoms with van der Waals surface area (Å²) in [6, 6.07) is 6.10. The van der Waals surface area contributed by atoms with Gasteiger partial charge in [-0.1, -0.05) is 19.3 Å². The fraction of sp³-hybridized carbons (Fsp3) is 0.381. The molecule has 6 nitrogen and oxygen atoms in total. The average Bonchev–Trinajstić information content (AvgIpc) is 3.11. The zero-order chi connectivity index (χ0) is 18.8. The van der Waals surface area contributed by atoms with Gasteiger partial charge in [0.05, 0.1) is 29.9 Å². The van der Waals surface area contributed by atoms with Crippen LogP contribution in [0.2, 0.25) is 0 Å². The highest BCUT2D eigenvalue weighted by atomic mass is 16.5. The summed E-state index contributed by atoms with van der Waals surface area (Å²) in [5.41, 5.74) is 2.99. The Kier molecular flexibility index (Phi) is 4.79. The number of methoxy groups -OCH3 is 1. The summed E-state index contributed by atoms with van der Waals surface area (Å²) >= 11 is 0. The Morgan fingerprint density at radius 1 is 1.19 bits per heavy atom. The normalized spacial score (nSPS) is 15.0. The Morgan fingerprint density at radius 3 is 2.74 bits per heavy atom. The Hall–Kier alpha value is -2.89. The maximum absolute atomic E-state index is 12.6. The van der Waals surface area contributed by atoms with E-state index in [1.54, 1.807) is 19.5 Å². The molecule has 1 saturated carbocycles. The standard InChI is InChI=1S/C21H24N4O2/c1-14-8-15(12-22-11-14)21(26)23-19-9-16-13-25(17-6-4-3-5-7-17)24-18(16)10-20(19)27-2/h8-13,17H,3-7H2,1-2H3,(H,23,26). The molecule has 0 radical (unpaired) electrons. The Bertz CT molecular complexity index is 973. The van der Waals surface area contributed by atoms with Crippen molar-refractivity contribution >= 4 is 22.5 Å². The molecule has 1 N–H and O–H groups in total. The molecular weight excluding hydrogens is 340 g/mol. The quantitative estimate of drug-likeness (QED) is 0.740. The monoisotopic (exact) mass is 364 g/mol. The van der Waals surface area contributed by atoms with Gasteiger partial charge in [-0.15, -0.1) is 0 Å². The molecule has 2 aromatic heterocycles. The molecule has 1 aliphatic rings. The van der Waals surface area contributed by atoms with Gasteiger partial charge in [0.25, 0.3) is 5.91 Å². The summed E-state index contributed by atoms with van der Waals surface area (Å²) in [6.07, 6.45) is 11.6. The molecule has 140 valence electrons. The predicted molar refractivity (Wildman–Crippen MR) is 105 cm³/mol. The first-order valence-corrected chi connectivity index (χ1v) is 9.44. The van der Waals surface area contributed by atoms with Crippen LogP contribution in [-0.2, 0) is 0 Å². The number of aromatic nitrogens is 3. The molecule has 0 spiro atoms. The molecule has 1 fully saturated rings. The van der Waals surface area contributed by atoms with Crippen molar-refractivity contribution in [1.29, 1.82) is 0 Å². The molecule has 2 heterocycles. The van der Waals surface area contributed by atoms with Crippen LogP contribution in [0.3, 0.4) is 0 Å². The second-order valence-electron chi connectivity index (χ2n) is 7.22. The Balaban J connectivity index is 1.64. The number of ether oxygens (including phenoxy) is 1. The van der Waals surface area contributed by atoms with Crippen molar-refractivity contribution < 1.29 is 9.53 Å². The van der Waals surface area contributed by atoms with Crippen molar-refractivity contribution in [2.24, 2.45) is 0 Å². The lowest BCUT2D eigenvalue weighted by Crippen LogP contribution is -2.13. The van der Waals surface area contributed by atoms with Gasteiger partial charge in [-0.3, -0.25) is 14.5 Å². The van der Waals surface area contributed by atoms with Crippen LogP contribution in [-0.4, -0.2) is 27.8 Å². The van der Waals surface area contributed by atoms with Crippen LogP contribution in [0.1, 0.15) is 54.1 Å². The van der Waals surface area contributed by atoms with Gasteiger partial charge >= 0.3 is 0 Å². The lowest BCUT2D eigenvalue weighted by molar-refractivity contribution is 0.102. The summed E-state index contributed by atoms with van der Waals surface area (Å²) < 4.78 is 7.57. The summed E-state index contributed by atoms with van der Waals surface area (Å²) in [6.45, 7) is 1.91. The zero-order valence-electron chi connectivity index (χ0n) is 15.7. The molecular formula is C21H24N4O2. The number of anilines is 1. The van der Waals surface area contributed by atoms with Gasteiger partial charge < -0.3 is 10.1 Å². The van der Waals surface area contributed by atoms with Crippen molar-refractivity contribution in [3.05, 3.63) is 47.9 Å². The van der Waals surface area contributed by atoms with E-state index in [2.05, 4.69) is 21.2 Å². The molecule has 0 saturated heterocycles. The summed E-state index contributed by atoms with van der Waals surface area (Å²) in [5, 5.41) is 8.69. The maximum Gasteiger partial charge on any atom is 0.257 e. The van der Waals surface area contributed by atoms with Crippen LogP contribution >= 0.6 is 0 Å². The van der Waals surface area contributed by atoms with E-state index in [0.29, 0.717) is 23.0 Å². The van der Waals surface area contributed by atoms with E-state index in [1.807, 2.05) is 25.1 Å². The molecule has 0 atom stereocenters. The third-order valence-corrected chi connectivity index (χ3v) is 5.18. The van der Waals surface area contributed by atoms with Gasteiger partial charge in [-0.2, -0.15) is 5.10 Å². The van der Waals surface area contributed by atoms with Crippen molar-refractivity contribution in [1.82, 2.24) is 14.8 Å². The lowest BCUT2D eigenvalue weighted by Gasteiger charge is -2.21. The molecule has 1 aromatic carbocycles. The summed E-state index contributed by atoms with van der Waals surface area (Å²) in [7, 11) is 1.60. The Labute approximate surface area is 158 Å². The zero-order valence-corrected chi connectivity index (χ0v) is 15.7. The van der Waals surface area contributed by atoms with Gasteiger partial charge in [-0.25, -0.2) is 0 Å². The number of amides is 1. The summed E-state index contributed by atoms with van der Waals surface area (Å²) in [5.74, 6) is 0.397. The highest BCUT2D eigenvalue weighted by molar-refractivity contribution is 6.06. The highest BCUT2D eigenvalue weighted by Gasteiger charge is 2.18. The van der Waals surface area contributed by atoms with E-state index in [-0.39, 0.29) is 5.91 Å². The van der Waals surface area contributed by atoms with Crippen LogP contribution in [0, 0.1) is 6.92 Å². The van der Waals surface area contributed by atoms with Gasteiger partial charge in [0.15, 0.2) is 0 Å². The van der Waals surface area contributed by atoms with Crippen LogP contribution in [0.25, 0.3) is 10.9 Å². The smallest absolute Gasteiger partial charge is 0.257 e. The molecule has 1 amide bonds. The van der Waals surface area contributed by atoms with Gasteiger partial charge in [0, 0.05) is 30.0 Å². The number of pyridine rings is 1. The second kappa shape index (κ2) is 7.39. The van der Waals surface area contributed by atoms with Gasteiger partial charge in [0.1, 0.15) is 5.75 Å². The predicted octanol–water partition coefficient (Wildman–Crippen LogP) is 4.51. The Morgan fingerprint density at radius 2 is 2.00 bits per heavy atom. The van der Waals surface area contributed by atoms with Crippen LogP contribution < -0.4 is 10.1 Å². The minimum Gasteiger partial charge on any atom is -0.494 e. The van der Waals surface area contributed by atoms with E-state index in [0.717, 1.165) is 16.5 Å². The fourth-order valence-electron chi connectivity index (χ4n) is 3.74. The van der Waals surface area contributed by atoms with Crippen LogP contribution in [0.5, 0.6) is 5.75 Å². The largest absolute Gasteiger partial charge is 0.494 e. The number of nitrogens with one attached hydrogen (secondary N) is 1. The number of aryl methyl sites for hydroxylation is 1. The minimum absolute atomic E-state index is 0.205. The third-order valence-electron chi connectivity index (χ3n) is 5.18. The first-order valence-electron chi connectivity index (χ1n) is 9.44. The van der Waals surface area contributed by atoms with Crippen molar-refractivity contribution in [2.45, 2.75) is 45.1 Å². The topological polar surface area (TPSA) is 69.0 Å². The number of hydrogen-bond donors (Lipinski definition) is 1. The first-order chi connectivity index (χ1) is 13.1. The van der Waals surface area contributed by atoms with Crippen molar-refractivity contribution in [2.75, 3.05) is 12.4 Å². The fourth-order valence-corrected chi connectivity index (χ4v) is 3.74. The van der Waals surface area contributed by atoms with E-state index < -0.39 is 0 Å². The molecule has 0 bridgehead atoms. The van der Waals surface area contributed by atoms with E-state index >= 15 is 0 Å². The average molecular weight is 364 g/mol. The van der Waals surface area contributed by atoms with Crippen LogP contribution in [0.4, 0.5) is 5.69 Å². The molecule has 6 heteroatoms. The number of rotatable bonds is 4. The minimum atomic E-state index is -0.205. The number of carbonyl (C=O) groups is 1. The van der Waals surface area contributed by atoms with E-state index in [9.17, 15) is 4.79 Å². The molecule has 1 aliphatic carbocycles. The van der Waals surface area contributed by atoms with Crippen LogP contribution in [0.15, 0.2) is 36.8 Å². The second-order valence-corrected chi connectivity index (χ2v) is 7.22. The number of nitrogens with zero attached hydrogens (tertiary/aromatic N) is 3. The lowest BCUT2D eigenvalue weighted by atomic mass is 9.96. The third kappa shape index (κ3) is 3.65. The van der Waals surface area contributed by atoms with Gasteiger partial charge in [0.2, 0.25) is 0 Å². The maximum atomic E-state index is 12.6. The van der Waals surface area contributed by atoms with E-state index in [4.69, 9.17) is 9.84 Å². The number of carbonyl (C=O) groups excluding carboxylic acids is 1. The SMILES string of the molecule is COc1cc2nn(C3CCCCC3)cc2cc1NC(=O)c1cncc(C)c1.